The van der Waals surface area contributed by atoms with Crippen molar-refractivity contribution in [2.45, 2.75) is 12.8 Å². The van der Waals surface area contributed by atoms with Crippen molar-refractivity contribution in [2.75, 3.05) is 6.61 Å². The maximum Gasteiger partial charge on any atom is 0.247 e. The Hall–Kier alpha value is -2.33. The van der Waals surface area contributed by atoms with E-state index in [2.05, 4.69) is 12.1 Å². The molecule has 2 N–H and O–H groups in total. The van der Waals surface area contributed by atoms with Gasteiger partial charge in [-0.25, -0.2) is 5.48 Å². The predicted octanol–water partition coefficient (Wildman–Crippen LogP) is 2.36. The van der Waals surface area contributed by atoms with Crippen LogP contribution < -0.4 is 10.2 Å². The van der Waals surface area contributed by atoms with Gasteiger partial charge in [0.05, 0.1) is 13.0 Å². The lowest BCUT2D eigenvalue weighted by molar-refractivity contribution is -0.128. The number of nitrogens with one attached hydrogen (secondary N) is 1. The number of benzene rings is 2. The second-order valence-corrected chi connectivity index (χ2v) is 4.44. The number of carbonyl (C=O) groups excluding carboxylic acids is 1. The first-order valence-corrected chi connectivity index (χ1v) is 6.46. The molecule has 104 valence electrons. The molecule has 0 aliphatic heterocycles. The number of amides is 1. The molecule has 20 heavy (non-hydrogen) atoms. The normalized spacial score (nSPS) is 10.1. The summed E-state index contributed by atoms with van der Waals surface area (Å²) in [6.07, 6.45) is 1.01. The van der Waals surface area contributed by atoms with E-state index >= 15 is 0 Å². The summed E-state index contributed by atoms with van der Waals surface area (Å²) in [7, 11) is 0. The summed E-state index contributed by atoms with van der Waals surface area (Å²) >= 11 is 0. The molecule has 0 aliphatic carbocycles. The zero-order chi connectivity index (χ0) is 14.2. The van der Waals surface area contributed by atoms with Gasteiger partial charge in [-0.2, -0.15) is 0 Å². The highest BCUT2D eigenvalue weighted by Gasteiger charge is 2.02. The molecule has 2 aromatic carbocycles. The minimum atomic E-state index is -0.428. The van der Waals surface area contributed by atoms with Crippen molar-refractivity contribution in [2.24, 2.45) is 0 Å². The number of rotatable bonds is 6. The van der Waals surface area contributed by atoms with E-state index in [0.29, 0.717) is 6.61 Å². The topological polar surface area (TPSA) is 58.6 Å². The molecule has 0 heterocycles. The number of hydroxylamine groups is 1. The lowest BCUT2D eigenvalue weighted by Crippen LogP contribution is -2.20. The molecule has 4 heteroatoms. The molecule has 0 fully saturated rings. The maximum atomic E-state index is 11.0. The van der Waals surface area contributed by atoms with Crippen molar-refractivity contribution in [3.05, 3.63) is 65.7 Å². The Balaban J connectivity index is 1.80. The molecule has 1 amide bonds. The van der Waals surface area contributed by atoms with Gasteiger partial charge in [0.25, 0.3) is 0 Å². The van der Waals surface area contributed by atoms with Crippen LogP contribution in [0.15, 0.2) is 54.6 Å². The van der Waals surface area contributed by atoms with Gasteiger partial charge in [0, 0.05) is 6.42 Å². The molecule has 4 nitrogen and oxygen atoms in total. The second-order valence-electron chi connectivity index (χ2n) is 4.44. The Morgan fingerprint density at radius 1 is 1.00 bits per heavy atom. The molecule has 0 saturated heterocycles. The zero-order valence-electron chi connectivity index (χ0n) is 11.1. The third-order valence-electron chi connectivity index (χ3n) is 2.92. The van der Waals surface area contributed by atoms with Crippen LogP contribution in [-0.2, 0) is 17.6 Å². The van der Waals surface area contributed by atoms with Crippen molar-refractivity contribution < 1.29 is 14.7 Å². The van der Waals surface area contributed by atoms with Gasteiger partial charge in [0.1, 0.15) is 5.75 Å². The van der Waals surface area contributed by atoms with E-state index in [1.165, 1.54) is 5.56 Å². The Kier molecular flexibility index (Phi) is 5.15. The molecular formula is C16H17NO3. The fourth-order valence-corrected chi connectivity index (χ4v) is 1.86. The molecule has 0 radical (unpaired) electrons. The molecule has 0 aliphatic rings. The van der Waals surface area contributed by atoms with E-state index in [9.17, 15) is 4.79 Å². The van der Waals surface area contributed by atoms with Crippen LogP contribution >= 0.6 is 0 Å². The minimum absolute atomic E-state index is 0.154. The van der Waals surface area contributed by atoms with Crippen LogP contribution in [0.3, 0.4) is 0 Å². The molecule has 0 aromatic heterocycles. The van der Waals surface area contributed by atoms with Crippen LogP contribution in [0.1, 0.15) is 11.1 Å². The van der Waals surface area contributed by atoms with E-state index in [1.807, 2.05) is 42.5 Å². The Morgan fingerprint density at radius 3 is 2.35 bits per heavy atom. The van der Waals surface area contributed by atoms with Crippen molar-refractivity contribution in [3.63, 3.8) is 0 Å². The molecule has 0 unspecified atom stereocenters. The minimum Gasteiger partial charge on any atom is -0.493 e. The van der Waals surface area contributed by atoms with Gasteiger partial charge in [-0.05, 0) is 23.3 Å². The number of hydrogen-bond donors (Lipinski definition) is 2. The van der Waals surface area contributed by atoms with Gasteiger partial charge >= 0.3 is 0 Å². The van der Waals surface area contributed by atoms with E-state index in [1.54, 1.807) is 5.48 Å². The largest absolute Gasteiger partial charge is 0.493 e. The van der Waals surface area contributed by atoms with Crippen molar-refractivity contribution >= 4 is 5.91 Å². The quantitative estimate of drug-likeness (QED) is 0.626. The molecule has 0 bridgehead atoms. The molecule has 0 spiro atoms. The van der Waals surface area contributed by atoms with Crippen molar-refractivity contribution in [1.82, 2.24) is 5.48 Å². The van der Waals surface area contributed by atoms with Crippen molar-refractivity contribution in [3.8, 4) is 5.75 Å². The summed E-state index contributed by atoms with van der Waals surface area (Å²) in [6.45, 7) is 0.612. The Bertz CT molecular complexity index is 537. The lowest BCUT2D eigenvalue weighted by atomic mass is 10.1. The van der Waals surface area contributed by atoms with Gasteiger partial charge in [-0.1, -0.05) is 42.5 Å². The first-order valence-electron chi connectivity index (χ1n) is 6.46. The summed E-state index contributed by atoms with van der Waals surface area (Å²) in [5.41, 5.74) is 3.68. The summed E-state index contributed by atoms with van der Waals surface area (Å²) in [5.74, 6) is 0.344. The fourth-order valence-electron chi connectivity index (χ4n) is 1.86. The SMILES string of the molecule is O=C(Cc1ccc(OCCc2ccccc2)cc1)NO. The van der Waals surface area contributed by atoms with Crippen LogP contribution in [0.2, 0.25) is 0 Å². The van der Waals surface area contributed by atoms with Crippen LogP contribution in [0.5, 0.6) is 5.75 Å². The first-order chi connectivity index (χ1) is 9.78. The third-order valence-corrected chi connectivity index (χ3v) is 2.92. The lowest BCUT2D eigenvalue weighted by Gasteiger charge is -2.07. The van der Waals surface area contributed by atoms with Crippen LogP contribution in [0, 0.1) is 0 Å². The Morgan fingerprint density at radius 2 is 1.70 bits per heavy atom. The van der Waals surface area contributed by atoms with Crippen LogP contribution in [-0.4, -0.2) is 17.7 Å². The highest BCUT2D eigenvalue weighted by molar-refractivity contribution is 5.77. The molecule has 2 aromatic rings. The van der Waals surface area contributed by atoms with Gasteiger partial charge in [-0.3, -0.25) is 10.0 Å². The first kappa shape index (κ1) is 14.1. The molecule has 0 saturated carbocycles. The summed E-state index contributed by atoms with van der Waals surface area (Å²) in [6, 6.07) is 17.4. The van der Waals surface area contributed by atoms with Gasteiger partial charge < -0.3 is 4.74 Å². The highest BCUT2D eigenvalue weighted by atomic mass is 16.5. The van der Waals surface area contributed by atoms with Gasteiger partial charge in [0.2, 0.25) is 5.91 Å². The standard InChI is InChI=1S/C16H17NO3/c18-16(17-19)12-14-6-8-15(9-7-14)20-11-10-13-4-2-1-3-5-13/h1-9,19H,10-12H2,(H,17,18). The average molecular weight is 271 g/mol. The molecule has 2 rings (SSSR count). The van der Waals surface area contributed by atoms with E-state index in [4.69, 9.17) is 9.94 Å². The monoisotopic (exact) mass is 271 g/mol. The fraction of sp³-hybridized carbons (Fsp3) is 0.188. The van der Waals surface area contributed by atoms with E-state index in [-0.39, 0.29) is 6.42 Å². The average Bonchev–Trinajstić information content (AvgIpc) is 2.50. The van der Waals surface area contributed by atoms with E-state index < -0.39 is 5.91 Å². The highest BCUT2D eigenvalue weighted by Crippen LogP contribution is 2.13. The predicted molar refractivity (Wildman–Crippen MR) is 75.7 cm³/mol. The zero-order valence-corrected chi connectivity index (χ0v) is 11.1. The molecular weight excluding hydrogens is 254 g/mol. The van der Waals surface area contributed by atoms with E-state index in [0.717, 1.165) is 17.7 Å². The summed E-state index contributed by atoms with van der Waals surface area (Å²) in [4.78, 5) is 11.0. The van der Waals surface area contributed by atoms with Crippen molar-refractivity contribution in [1.29, 1.82) is 0 Å². The summed E-state index contributed by atoms with van der Waals surface area (Å²) in [5, 5.41) is 8.45. The number of ether oxygens (including phenoxy) is 1. The maximum absolute atomic E-state index is 11.0. The molecule has 0 atom stereocenters. The second kappa shape index (κ2) is 7.31. The van der Waals surface area contributed by atoms with Gasteiger partial charge in [-0.15, -0.1) is 0 Å². The van der Waals surface area contributed by atoms with Crippen LogP contribution in [0.25, 0.3) is 0 Å². The third kappa shape index (κ3) is 4.40. The number of hydrogen-bond acceptors (Lipinski definition) is 3. The summed E-state index contributed by atoms with van der Waals surface area (Å²) < 4.78 is 5.65. The smallest absolute Gasteiger partial charge is 0.247 e. The van der Waals surface area contributed by atoms with Gasteiger partial charge in [0.15, 0.2) is 0 Å². The Labute approximate surface area is 118 Å². The number of carbonyl (C=O) groups is 1. The van der Waals surface area contributed by atoms with Crippen LogP contribution in [0.4, 0.5) is 0 Å².